The Kier molecular flexibility index (Phi) is 6.80. The summed E-state index contributed by atoms with van der Waals surface area (Å²) in [5.41, 5.74) is 14.4. The van der Waals surface area contributed by atoms with Gasteiger partial charge in [-0.15, -0.1) is 0 Å². The highest BCUT2D eigenvalue weighted by Gasteiger charge is 2.37. The number of para-hydroxylation sites is 1. The average molecular weight is 668 g/mol. The SMILES string of the molecule is CC1(C)c2ccc(-c3ccc4oc5ccccc5c4c3)cc2-c2c(-c3cccc(-c4nc(-c5ccccc5)nc(-c5ccccc5)n4)c3)cccc21. The van der Waals surface area contributed by atoms with Crippen molar-refractivity contribution >= 4 is 21.9 Å². The van der Waals surface area contributed by atoms with Gasteiger partial charge in [0.05, 0.1) is 0 Å². The molecule has 1 aliphatic carbocycles. The van der Waals surface area contributed by atoms with Gasteiger partial charge in [-0.2, -0.15) is 0 Å². The van der Waals surface area contributed by atoms with Crippen molar-refractivity contribution < 1.29 is 4.42 Å². The molecule has 0 aliphatic heterocycles. The predicted octanol–water partition coefficient (Wildman–Crippen LogP) is 12.4. The molecule has 0 bridgehead atoms. The van der Waals surface area contributed by atoms with Gasteiger partial charge in [-0.3, -0.25) is 0 Å². The van der Waals surface area contributed by atoms with Gasteiger partial charge in [0, 0.05) is 32.9 Å². The van der Waals surface area contributed by atoms with Crippen molar-refractivity contribution in [3.05, 3.63) is 175 Å². The molecule has 4 heteroatoms. The van der Waals surface area contributed by atoms with Crippen LogP contribution < -0.4 is 0 Å². The van der Waals surface area contributed by atoms with Crippen molar-refractivity contribution in [2.45, 2.75) is 19.3 Å². The fourth-order valence-electron chi connectivity index (χ4n) is 7.89. The zero-order valence-corrected chi connectivity index (χ0v) is 28.8. The van der Waals surface area contributed by atoms with Crippen LogP contribution in [0.15, 0.2) is 168 Å². The van der Waals surface area contributed by atoms with Gasteiger partial charge in [-0.25, -0.2) is 15.0 Å². The minimum atomic E-state index is -0.148. The van der Waals surface area contributed by atoms with E-state index in [1.54, 1.807) is 0 Å². The molecule has 1 aliphatic rings. The van der Waals surface area contributed by atoms with Crippen LogP contribution >= 0.6 is 0 Å². The van der Waals surface area contributed by atoms with Crippen molar-refractivity contribution in [1.82, 2.24) is 15.0 Å². The predicted molar refractivity (Wildman–Crippen MR) is 212 cm³/mol. The molecular weight excluding hydrogens is 635 g/mol. The van der Waals surface area contributed by atoms with Crippen molar-refractivity contribution in [2.75, 3.05) is 0 Å². The first-order valence-electron chi connectivity index (χ1n) is 17.7. The maximum absolute atomic E-state index is 6.14. The molecule has 246 valence electrons. The second kappa shape index (κ2) is 11.7. The number of hydrogen-bond donors (Lipinski definition) is 0. The number of benzene rings is 7. The van der Waals surface area contributed by atoms with Gasteiger partial charge >= 0.3 is 0 Å². The molecule has 2 heterocycles. The Labute approximate surface area is 302 Å². The van der Waals surface area contributed by atoms with Gasteiger partial charge in [-0.1, -0.05) is 147 Å². The highest BCUT2D eigenvalue weighted by atomic mass is 16.3. The molecule has 10 rings (SSSR count). The van der Waals surface area contributed by atoms with Gasteiger partial charge in [-0.05, 0) is 74.8 Å². The first-order valence-corrected chi connectivity index (χ1v) is 17.7. The minimum absolute atomic E-state index is 0.148. The smallest absolute Gasteiger partial charge is 0.164 e. The zero-order valence-electron chi connectivity index (χ0n) is 28.8. The van der Waals surface area contributed by atoms with Crippen LogP contribution in [0.1, 0.15) is 25.0 Å². The number of hydrogen-bond acceptors (Lipinski definition) is 4. The van der Waals surface area contributed by atoms with Crippen molar-refractivity contribution in [3.8, 4) is 67.5 Å². The molecule has 0 fully saturated rings. The van der Waals surface area contributed by atoms with E-state index in [4.69, 9.17) is 19.4 Å². The van der Waals surface area contributed by atoms with Gasteiger partial charge in [0.25, 0.3) is 0 Å². The molecule has 0 N–H and O–H groups in total. The third-order valence-corrected chi connectivity index (χ3v) is 10.5. The molecule has 7 aromatic carbocycles. The first-order chi connectivity index (χ1) is 25.5. The molecule has 0 atom stereocenters. The molecule has 0 unspecified atom stereocenters. The van der Waals surface area contributed by atoms with Crippen LogP contribution in [0.2, 0.25) is 0 Å². The number of nitrogens with zero attached hydrogens (tertiary/aromatic N) is 3. The summed E-state index contributed by atoms with van der Waals surface area (Å²) in [5, 5.41) is 2.27. The normalized spacial score (nSPS) is 13.0. The van der Waals surface area contributed by atoms with Crippen LogP contribution in [0, 0.1) is 0 Å². The summed E-state index contributed by atoms with van der Waals surface area (Å²) in [6.07, 6.45) is 0. The monoisotopic (exact) mass is 667 g/mol. The van der Waals surface area contributed by atoms with Crippen LogP contribution in [0.25, 0.3) is 89.5 Å². The van der Waals surface area contributed by atoms with Crippen molar-refractivity contribution in [1.29, 1.82) is 0 Å². The number of fused-ring (bicyclic) bond motifs is 6. The van der Waals surface area contributed by atoms with E-state index in [9.17, 15) is 0 Å². The van der Waals surface area contributed by atoms with Gasteiger partial charge < -0.3 is 4.42 Å². The first kappa shape index (κ1) is 30.2. The molecule has 9 aromatic rings. The van der Waals surface area contributed by atoms with Crippen LogP contribution in [-0.4, -0.2) is 15.0 Å². The van der Waals surface area contributed by atoms with E-state index in [0.29, 0.717) is 17.5 Å². The van der Waals surface area contributed by atoms with Crippen LogP contribution in [0.4, 0.5) is 0 Å². The maximum atomic E-state index is 6.14. The van der Waals surface area contributed by atoms with Crippen LogP contribution in [0.5, 0.6) is 0 Å². The number of rotatable bonds is 5. The lowest BCUT2D eigenvalue weighted by atomic mass is 9.81. The molecule has 0 spiro atoms. The van der Waals surface area contributed by atoms with E-state index in [-0.39, 0.29) is 5.41 Å². The standard InChI is InChI=1S/C48H33N3O/c1-48(2)40-25-23-32(33-24-26-43-38(28-33)37-19-9-10-22-42(37)52-43)29-39(40)44-36(20-12-21-41(44)48)34-17-11-18-35(27-34)47-50-45(30-13-5-3-6-14-30)49-46(51-47)31-15-7-4-8-16-31/h3-29H,1-2H3. The molecule has 52 heavy (non-hydrogen) atoms. The molecule has 0 amide bonds. The zero-order chi connectivity index (χ0) is 34.8. The lowest BCUT2D eigenvalue weighted by Gasteiger charge is -2.22. The lowest BCUT2D eigenvalue weighted by molar-refractivity contribution is 0.660. The summed E-state index contributed by atoms with van der Waals surface area (Å²) in [4.78, 5) is 14.9. The fourth-order valence-corrected chi connectivity index (χ4v) is 7.89. The number of aromatic nitrogens is 3. The Bertz CT molecular complexity index is 2760. The Morgan fingerprint density at radius 3 is 1.71 bits per heavy atom. The summed E-state index contributed by atoms with van der Waals surface area (Å²) in [7, 11) is 0. The third kappa shape index (κ3) is 4.87. The van der Waals surface area contributed by atoms with E-state index >= 15 is 0 Å². The van der Waals surface area contributed by atoms with Crippen LogP contribution in [-0.2, 0) is 5.41 Å². The van der Waals surface area contributed by atoms with E-state index in [1.807, 2.05) is 72.8 Å². The number of furan rings is 1. The average Bonchev–Trinajstić information content (AvgIpc) is 3.69. The van der Waals surface area contributed by atoms with Crippen molar-refractivity contribution in [3.63, 3.8) is 0 Å². The Balaban J connectivity index is 1.11. The highest BCUT2D eigenvalue weighted by Crippen LogP contribution is 2.53. The van der Waals surface area contributed by atoms with E-state index < -0.39 is 0 Å². The van der Waals surface area contributed by atoms with E-state index in [0.717, 1.165) is 44.2 Å². The lowest BCUT2D eigenvalue weighted by Crippen LogP contribution is -2.14. The largest absolute Gasteiger partial charge is 0.456 e. The summed E-state index contributed by atoms with van der Waals surface area (Å²) >= 11 is 0. The second-order valence-corrected chi connectivity index (χ2v) is 14.0. The molecule has 2 aromatic heterocycles. The Morgan fingerprint density at radius 2 is 0.962 bits per heavy atom. The van der Waals surface area contributed by atoms with Crippen LogP contribution in [0.3, 0.4) is 0 Å². The highest BCUT2D eigenvalue weighted by molar-refractivity contribution is 6.06. The quantitative estimate of drug-likeness (QED) is 0.183. The topological polar surface area (TPSA) is 51.8 Å². The second-order valence-electron chi connectivity index (χ2n) is 14.0. The molecule has 0 radical (unpaired) electrons. The van der Waals surface area contributed by atoms with Gasteiger partial charge in [0.2, 0.25) is 0 Å². The summed E-state index contributed by atoms with van der Waals surface area (Å²) < 4.78 is 6.14. The van der Waals surface area contributed by atoms with E-state index in [1.165, 1.54) is 38.9 Å². The molecule has 4 nitrogen and oxygen atoms in total. The van der Waals surface area contributed by atoms with Crippen molar-refractivity contribution in [2.24, 2.45) is 0 Å². The molecule has 0 saturated carbocycles. The fraction of sp³-hybridized carbons (Fsp3) is 0.0625. The van der Waals surface area contributed by atoms with E-state index in [2.05, 4.69) is 105 Å². The Morgan fingerprint density at radius 1 is 0.385 bits per heavy atom. The minimum Gasteiger partial charge on any atom is -0.456 e. The summed E-state index contributed by atoms with van der Waals surface area (Å²) in [6, 6.07) is 57.4. The molecule has 0 saturated heterocycles. The maximum Gasteiger partial charge on any atom is 0.164 e. The third-order valence-electron chi connectivity index (χ3n) is 10.5. The Hall–Kier alpha value is -6.65. The van der Waals surface area contributed by atoms with Gasteiger partial charge in [0.1, 0.15) is 11.2 Å². The molecular formula is C48H33N3O. The summed E-state index contributed by atoms with van der Waals surface area (Å²) in [6.45, 7) is 4.67. The van der Waals surface area contributed by atoms with Gasteiger partial charge in [0.15, 0.2) is 17.5 Å². The summed E-state index contributed by atoms with van der Waals surface area (Å²) in [5.74, 6) is 1.95.